The Hall–Kier alpha value is -0.520. The average molecular weight is 155 g/mol. The van der Waals surface area contributed by atoms with E-state index in [-0.39, 0.29) is 12.6 Å². The molecule has 11 heavy (non-hydrogen) atoms. The maximum absolute atomic E-state index is 8.89. The van der Waals surface area contributed by atoms with Crippen molar-refractivity contribution < 1.29 is 5.11 Å². The fourth-order valence-corrected chi connectivity index (χ4v) is 0.782. The third-order valence-electron chi connectivity index (χ3n) is 1.63. The minimum atomic E-state index is 0.177. The van der Waals surface area contributed by atoms with E-state index in [1.807, 2.05) is 6.92 Å². The van der Waals surface area contributed by atoms with Crippen molar-refractivity contribution in [2.45, 2.75) is 26.8 Å². The summed E-state index contributed by atoms with van der Waals surface area (Å²) >= 11 is 0. The van der Waals surface area contributed by atoms with Gasteiger partial charge in [-0.3, -0.25) is 0 Å². The summed E-state index contributed by atoms with van der Waals surface area (Å²) in [6.45, 7) is 6.81. The Morgan fingerprint density at radius 3 is 2.45 bits per heavy atom. The van der Waals surface area contributed by atoms with Crippen molar-refractivity contribution in [3.63, 3.8) is 0 Å². The zero-order chi connectivity index (χ0) is 8.69. The summed E-state index contributed by atoms with van der Waals surface area (Å²) in [4.78, 5) is 0. The van der Waals surface area contributed by atoms with Gasteiger partial charge in [-0.15, -0.1) is 5.92 Å². The average Bonchev–Trinajstić information content (AvgIpc) is 1.97. The molecule has 0 amide bonds. The maximum atomic E-state index is 8.89. The Kier molecular flexibility index (Phi) is 5.91. The predicted octanol–water partition coefficient (Wildman–Crippen LogP) is 0.616. The molecule has 0 aliphatic heterocycles. The molecule has 0 rings (SSSR count). The van der Waals surface area contributed by atoms with Crippen molar-refractivity contribution in [3.05, 3.63) is 0 Å². The lowest BCUT2D eigenvalue weighted by atomic mass is 10.1. The predicted molar refractivity (Wildman–Crippen MR) is 47.2 cm³/mol. The van der Waals surface area contributed by atoms with E-state index in [0.717, 1.165) is 0 Å². The Morgan fingerprint density at radius 2 is 2.09 bits per heavy atom. The van der Waals surface area contributed by atoms with Crippen LogP contribution in [0.3, 0.4) is 0 Å². The molecule has 1 unspecified atom stereocenters. The standard InChI is InChI=1S/C9H17NO/c1-4-5-6-10-9(7-11)8(2)3/h8-11H,6-7H2,1-3H3. The van der Waals surface area contributed by atoms with E-state index < -0.39 is 0 Å². The van der Waals surface area contributed by atoms with Crippen LogP contribution >= 0.6 is 0 Å². The van der Waals surface area contributed by atoms with Gasteiger partial charge < -0.3 is 10.4 Å². The summed E-state index contributed by atoms with van der Waals surface area (Å²) in [5.74, 6) is 6.14. The van der Waals surface area contributed by atoms with Crippen molar-refractivity contribution in [2.24, 2.45) is 5.92 Å². The number of hydrogen-bond donors (Lipinski definition) is 2. The molecule has 1 atom stereocenters. The van der Waals surface area contributed by atoms with Crippen LogP contribution in [0.15, 0.2) is 0 Å². The highest BCUT2D eigenvalue weighted by molar-refractivity contribution is 4.97. The first-order chi connectivity index (χ1) is 5.22. The number of aliphatic hydroxyl groups excluding tert-OH is 1. The summed E-state index contributed by atoms with van der Waals surface area (Å²) in [6, 6.07) is 0.177. The van der Waals surface area contributed by atoms with Gasteiger partial charge in [-0.1, -0.05) is 19.8 Å². The Bertz CT molecular complexity index is 143. The van der Waals surface area contributed by atoms with E-state index in [1.165, 1.54) is 0 Å². The fourth-order valence-electron chi connectivity index (χ4n) is 0.782. The smallest absolute Gasteiger partial charge is 0.0587 e. The molecule has 0 aromatic heterocycles. The molecule has 0 saturated heterocycles. The van der Waals surface area contributed by atoms with Crippen LogP contribution in [0, 0.1) is 17.8 Å². The second kappa shape index (κ2) is 6.21. The molecule has 0 heterocycles. The molecule has 0 aromatic rings. The molecule has 0 bridgehead atoms. The van der Waals surface area contributed by atoms with E-state index >= 15 is 0 Å². The highest BCUT2D eigenvalue weighted by Crippen LogP contribution is 1.98. The number of aliphatic hydroxyl groups is 1. The second-order valence-corrected chi connectivity index (χ2v) is 2.84. The van der Waals surface area contributed by atoms with Gasteiger partial charge in [0.1, 0.15) is 0 Å². The lowest BCUT2D eigenvalue weighted by molar-refractivity contribution is 0.215. The first-order valence-electron chi connectivity index (χ1n) is 3.96. The Balaban J connectivity index is 3.58. The minimum Gasteiger partial charge on any atom is -0.395 e. The second-order valence-electron chi connectivity index (χ2n) is 2.84. The molecular weight excluding hydrogens is 138 g/mol. The van der Waals surface area contributed by atoms with Crippen LogP contribution < -0.4 is 5.32 Å². The molecule has 0 spiro atoms. The molecule has 0 aromatic carbocycles. The van der Waals surface area contributed by atoms with Crippen LogP contribution in [0.25, 0.3) is 0 Å². The molecule has 0 radical (unpaired) electrons. The first-order valence-corrected chi connectivity index (χ1v) is 3.96. The molecule has 0 saturated carbocycles. The third-order valence-corrected chi connectivity index (χ3v) is 1.63. The van der Waals surface area contributed by atoms with Crippen molar-refractivity contribution in [3.8, 4) is 11.8 Å². The van der Waals surface area contributed by atoms with Gasteiger partial charge in [0.25, 0.3) is 0 Å². The SMILES string of the molecule is CC#CCNC(CO)C(C)C. The van der Waals surface area contributed by atoms with Gasteiger partial charge in [0.15, 0.2) is 0 Å². The van der Waals surface area contributed by atoms with E-state index in [1.54, 1.807) is 0 Å². The number of hydrogen-bond acceptors (Lipinski definition) is 2. The molecule has 0 aliphatic rings. The quantitative estimate of drug-likeness (QED) is 0.583. The summed E-state index contributed by atoms with van der Waals surface area (Å²) < 4.78 is 0. The molecule has 0 fully saturated rings. The topological polar surface area (TPSA) is 32.3 Å². The van der Waals surface area contributed by atoms with Crippen LogP contribution in [0.4, 0.5) is 0 Å². The Labute approximate surface area is 69.0 Å². The van der Waals surface area contributed by atoms with Gasteiger partial charge in [-0.05, 0) is 12.8 Å². The van der Waals surface area contributed by atoms with Gasteiger partial charge in [-0.25, -0.2) is 0 Å². The third kappa shape index (κ3) is 4.83. The zero-order valence-corrected chi connectivity index (χ0v) is 7.52. The van der Waals surface area contributed by atoms with Gasteiger partial charge in [-0.2, -0.15) is 0 Å². The molecule has 2 heteroatoms. The fraction of sp³-hybridized carbons (Fsp3) is 0.778. The summed E-state index contributed by atoms with van der Waals surface area (Å²) in [7, 11) is 0. The highest BCUT2D eigenvalue weighted by atomic mass is 16.3. The van der Waals surface area contributed by atoms with E-state index in [2.05, 4.69) is 31.0 Å². The zero-order valence-electron chi connectivity index (χ0n) is 7.52. The lowest BCUT2D eigenvalue weighted by Crippen LogP contribution is -2.37. The monoisotopic (exact) mass is 155 g/mol. The van der Waals surface area contributed by atoms with Gasteiger partial charge in [0, 0.05) is 6.04 Å². The first kappa shape index (κ1) is 10.5. The largest absolute Gasteiger partial charge is 0.395 e. The van der Waals surface area contributed by atoms with Crippen LogP contribution in [0.5, 0.6) is 0 Å². The molecule has 0 aliphatic carbocycles. The normalized spacial score (nSPS) is 12.5. The van der Waals surface area contributed by atoms with Gasteiger partial charge >= 0.3 is 0 Å². The van der Waals surface area contributed by atoms with Crippen LogP contribution in [0.2, 0.25) is 0 Å². The number of rotatable bonds is 4. The maximum Gasteiger partial charge on any atom is 0.0587 e. The van der Waals surface area contributed by atoms with E-state index in [9.17, 15) is 0 Å². The molecule has 2 N–H and O–H groups in total. The van der Waals surface area contributed by atoms with Crippen molar-refractivity contribution >= 4 is 0 Å². The van der Waals surface area contributed by atoms with Gasteiger partial charge in [0.2, 0.25) is 0 Å². The Morgan fingerprint density at radius 1 is 1.45 bits per heavy atom. The van der Waals surface area contributed by atoms with Crippen molar-refractivity contribution in [1.29, 1.82) is 0 Å². The molecule has 2 nitrogen and oxygen atoms in total. The van der Waals surface area contributed by atoms with Crippen LogP contribution in [0.1, 0.15) is 20.8 Å². The van der Waals surface area contributed by atoms with E-state index in [4.69, 9.17) is 5.11 Å². The molecular formula is C9H17NO. The van der Waals surface area contributed by atoms with Crippen LogP contribution in [-0.4, -0.2) is 24.3 Å². The summed E-state index contributed by atoms with van der Waals surface area (Å²) in [5.41, 5.74) is 0. The summed E-state index contributed by atoms with van der Waals surface area (Å²) in [6.07, 6.45) is 0. The van der Waals surface area contributed by atoms with E-state index in [0.29, 0.717) is 12.5 Å². The lowest BCUT2D eigenvalue weighted by Gasteiger charge is -2.17. The molecule has 64 valence electrons. The number of nitrogens with one attached hydrogen (secondary N) is 1. The van der Waals surface area contributed by atoms with Gasteiger partial charge in [0.05, 0.1) is 13.2 Å². The van der Waals surface area contributed by atoms with Crippen molar-refractivity contribution in [2.75, 3.05) is 13.2 Å². The summed E-state index contributed by atoms with van der Waals surface area (Å²) in [5, 5.41) is 12.0. The van der Waals surface area contributed by atoms with Crippen LogP contribution in [-0.2, 0) is 0 Å². The minimum absolute atomic E-state index is 0.177. The van der Waals surface area contributed by atoms with Crippen molar-refractivity contribution in [1.82, 2.24) is 5.32 Å². The highest BCUT2D eigenvalue weighted by Gasteiger charge is 2.09.